The molecule has 0 atom stereocenters. The van der Waals surface area contributed by atoms with Crippen LogP contribution in [0.3, 0.4) is 0 Å². The Morgan fingerprint density at radius 2 is 1.87 bits per heavy atom. The molecule has 1 aromatic heterocycles. The molecule has 6 heteroatoms. The summed E-state index contributed by atoms with van der Waals surface area (Å²) in [7, 11) is 1.39. The summed E-state index contributed by atoms with van der Waals surface area (Å²) in [5, 5.41) is 7.61. The van der Waals surface area contributed by atoms with Crippen molar-refractivity contribution in [2.75, 3.05) is 19.0 Å². The molecule has 0 amide bonds. The maximum Gasteiger partial charge on any atom is 0.340 e. The highest BCUT2D eigenvalue weighted by Gasteiger charge is 2.15. The highest BCUT2D eigenvalue weighted by Crippen LogP contribution is 2.28. The van der Waals surface area contributed by atoms with E-state index in [0.717, 1.165) is 22.8 Å². The number of unbranched alkanes of at least 4 members (excludes halogenated alkanes) is 6. The maximum absolute atomic E-state index is 11.7. The first-order valence-electron chi connectivity index (χ1n) is 8.32. The number of hydrogen-bond acceptors (Lipinski definition) is 4. The molecule has 0 saturated carbocycles. The lowest BCUT2D eigenvalue weighted by Crippen LogP contribution is -2.29. The van der Waals surface area contributed by atoms with Crippen LogP contribution in [0.5, 0.6) is 0 Å². The lowest BCUT2D eigenvalue weighted by atomic mass is 10.1. The number of hydrogen-bond donors (Lipinski definition) is 2. The molecule has 0 aliphatic rings. The van der Waals surface area contributed by atoms with Crippen molar-refractivity contribution in [2.45, 2.75) is 58.8 Å². The molecular formula is C17H28N2O2S2. The highest BCUT2D eigenvalue weighted by molar-refractivity contribution is 7.80. The van der Waals surface area contributed by atoms with Gasteiger partial charge in [-0.05, 0) is 31.6 Å². The van der Waals surface area contributed by atoms with Gasteiger partial charge in [0.25, 0.3) is 0 Å². The van der Waals surface area contributed by atoms with Gasteiger partial charge in [0.2, 0.25) is 0 Å². The summed E-state index contributed by atoms with van der Waals surface area (Å²) in [5.41, 5.74) is 0.537. The molecule has 0 saturated heterocycles. The predicted molar refractivity (Wildman–Crippen MR) is 103 cm³/mol. The standard InChI is InChI=1S/C17H28N2O2S2/c1-4-5-6-7-8-9-10-11-18-17(22)19-15-14(16(20)21-3)12-13(2)23-15/h12H,4-11H2,1-3H3,(H2,18,19,22). The lowest BCUT2D eigenvalue weighted by molar-refractivity contribution is 0.0602. The van der Waals surface area contributed by atoms with Crippen molar-refractivity contribution in [2.24, 2.45) is 0 Å². The Morgan fingerprint density at radius 3 is 2.52 bits per heavy atom. The average Bonchev–Trinajstić information content (AvgIpc) is 2.89. The number of carbonyl (C=O) groups is 1. The molecule has 23 heavy (non-hydrogen) atoms. The number of rotatable bonds is 10. The summed E-state index contributed by atoms with van der Waals surface area (Å²) < 4.78 is 4.79. The second-order valence-electron chi connectivity index (χ2n) is 5.59. The zero-order valence-corrected chi connectivity index (χ0v) is 16.0. The second-order valence-corrected chi connectivity index (χ2v) is 7.26. The van der Waals surface area contributed by atoms with Crippen LogP contribution in [0.4, 0.5) is 5.00 Å². The van der Waals surface area contributed by atoms with Gasteiger partial charge in [0.1, 0.15) is 5.00 Å². The largest absolute Gasteiger partial charge is 0.465 e. The number of esters is 1. The highest BCUT2D eigenvalue weighted by atomic mass is 32.1. The van der Waals surface area contributed by atoms with Gasteiger partial charge in [0, 0.05) is 11.4 Å². The Morgan fingerprint density at radius 1 is 1.22 bits per heavy atom. The van der Waals surface area contributed by atoms with E-state index in [9.17, 15) is 4.79 Å². The molecule has 1 aromatic rings. The van der Waals surface area contributed by atoms with Gasteiger partial charge in [-0.2, -0.15) is 0 Å². The minimum Gasteiger partial charge on any atom is -0.465 e. The fourth-order valence-corrected chi connectivity index (χ4v) is 3.47. The fourth-order valence-electron chi connectivity index (χ4n) is 2.30. The first-order valence-corrected chi connectivity index (χ1v) is 9.54. The van der Waals surface area contributed by atoms with Gasteiger partial charge in [0.05, 0.1) is 12.7 Å². The summed E-state index contributed by atoms with van der Waals surface area (Å²) in [6, 6.07) is 1.82. The van der Waals surface area contributed by atoms with Gasteiger partial charge in [0.15, 0.2) is 5.11 Å². The van der Waals surface area contributed by atoms with Crippen LogP contribution in [0.15, 0.2) is 6.07 Å². The second kappa shape index (κ2) is 11.4. The van der Waals surface area contributed by atoms with Crippen LogP contribution in [0.25, 0.3) is 0 Å². The molecule has 1 rings (SSSR count). The number of carbonyl (C=O) groups excluding carboxylic acids is 1. The van der Waals surface area contributed by atoms with Crippen molar-refractivity contribution in [3.8, 4) is 0 Å². The van der Waals surface area contributed by atoms with E-state index in [1.807, 2.05) is 13.0 Å². The molecule has 0 bridgehead atoms. The van der Waals surface area contributed by atoms with Gasteiger partial charge < -0.3 is 15.4 Å². The molecule has 130 valence electrons. The number of thiocarbonyl (C=S) groups is 1. The van der Waals surface area contributed by atoms with Gasteiger partial charge in [-0.3, -0.25) is 0 Å². The quantitative estimate of drug-likeness (QED) is 0.355. The molecule has 4 nitrogen and oxygen atoms in total. The smallest absolute Gasteiger partial charge is 0.340 e. The van der Waals surface area contributed by atoms with Crippen molar-refractivity contribution in [1.29, 1.82) is 0 Å². The normalized spacial score (nSPS) is 10.4. The van der Waals surface area contributed by atoms with E-state index in [-0.39, 0.29) is 5.97 Å². The van der Waals surface area contributed by atoms with Crippen molar-refractivity contribution in [3.05, 3.63) is 16.5 Å². The maximum atomic E-state index is 11.7. The van der Waals surface area contributed by atoms with Crippen molar-refractivity contribution >= 4 is 39.6 Å². The molecule has 0 aliphatic heterocycles. The SMILES string of the molecule is CCCCCCCCCNC(=S)Nc1sc(C)cc1C(=O)OC. The summed E-state index contributed by atoms with van der Waals surface area (Å²) in [6.45, 7) is 5.05. The molecule has 2 N–H and O–H groups in total. The molecule has 0 unspecified atom stereocenters. The number of ether oxygens (including phenoxy) is 1. The molecule has 1 heterocycles. The minimum atomic E-state index is -0.341. The Kier molecular flexibility index (Phi) is 9.87. The van der Waals surface area contributed by atoms with Crippen molar-refractivity contribution in [1.82, 2.24) is 5.32 Å². The van der Waals surface area contributed by atoms with Gasteiger partial charge >= 0.3 is 5.97 Å². The van der Waals surface area contributed by atoms with Gasteiger partial charge in [-0.15, -0.1) is 11.3 Å². The van der Waals surface area contributed by atoms with E-state index in [4.69, 9.17) is 17.0 Å². The molecule has 0 radical (unpaired) electrons. The van der Waals surface area contributed by atoms with Crippen LogP contribution in [0, 0.1) is 6.92 Å². The van der Waals surface area contributed by atoms with E-state index in [0.29, 0.717) is 10.7 Å². The van der Waals surface area contributed by atoms with Crippen LogP contribution in [-0.4, -0.2) is 24.7 Å². The van der Waals surface area contributed by atoms with Gasteiger partial charge in [-0.1, -0.05) is 45.4 Å². The molecule has 0 aliphatic carbocycles. The molecule has 0 spiro atoms. The van der Waals surface area contributed by atoms with Crippen molar-refractivity contribution < 1.29 is 9.53 Å². The number of anilines is 1. The Labute approximate surface area is 149 Å². The van der Waals surface area contributed by atoms with E-state index >= 15 is 0 Å². The predicted octanol–water partition coefficient (Wildman–Crippen LogP) is 4.88. The number of nitrogens with one attached hydrogen (secondary N) is 2. The third-order valence-corrected chi connectivity index (χ3v) is 4.77. The average molecular weight is 357 g/mol. The zero-order chi connectivity index (χ0) is 17.1. The van der Waals surface area contributed by atoms with Crippen LogP contribution < -0.4 is 10.6 Å². The van der Waals surface area contributed by atoms with Crippen LogP contribution in [-0.2, 0) is 4.74 Å². The number of methoxy groups -OCH3 is 1. The zero-order valence-electron chi connectivity index (χ0n) is 14.4. The van der Waals surface area contributed by atoms with Crippen LogP contribution in [0.1, 0.15) is 67.1 Å². The molecule has 0 aromatic carbocycles. The first kappa shape index (κ1) is 19.9. The van der Waals surface area contributed by atoms with Crippen LogP contribution >= 0.6 is 23.6 Å². The topological polar surface area (TPSA) is 50.4 Å². The Hall–Kier alpha value is -1.14. The van der Waals surface area contributed by atoms with Crippen LogP contribution in [0.2, 0.25) is 0 Å². The van der Waals surface area contributed by atoms with Gasteiger partial charge in [-0.25, -0.2) is 4.79 Å². The molecular weight excluding hydrogens is 328 g/mol. The van der Waals surface area contributed by atoms with E-state index in [1.165, 1.54) is 57.0 Å². The van der Waals surface area contributed by atoms with E-state index in [2.05, 4.69) is 17.6 Å². The minimum absolute atomic E-state index is 0.341. The Bertz CT molecular complexity index is 501. The Balaban J connectivity index is 2.25. The third kappa shape index (κ3) is 7.79. The number of thiophene rings is 1. The summed E-state index contributed by atoms with van der Waals surface area (Å²) in [5.74, 6) is -0.341. The summed E-state index contributed by atoms with van der Waals surface area (Å²) in [6.07, 6.45) is 8.93. The molecule has 0 fully saturated rings. The van der Waals surface area contributed by atoms with E-state index in [1.54, 1.807) is 0 Å². The van der Waals surface area contributed by atoms with Crippen molar-refractivity contribution in [3.63, 3.8) is 0 Å². The lowest BCUT2D eigenvalue weighted by Gasteiger charge is -2.10. The third-order valence-electron chi connectivity index (χ3n) is 3.55. The monoisotopic (exact) mass is 356 g/mol. The summed E-state index contributed by atoms with van der Waals surface area (Å²) >= 11 is 6.80. The first-order chi connectivity index (χ1) is 11.1. The number of aryl methyl sites for hydroxylation is 1. The van der Waals surface area contributed by atoms with E-state index < -0.39 is 0 Å². The fraction of sp³-hybridized carbons (Fsp3) is 0.647. The summed E-state index contributed by atoms with van der Waals surface area (Å²) in [4.78, 5) is 12.8.